The van der Waals surface area contributed by atoms with Crippen LogP contribution in [0.4, 0.5) is 17.6 Å². The van der Waals surface area contributed by atoms with Crippen molar-refractivity contribution in [2.24, 2.45) is 12.8 Å². The van der Waals surface area contributed by atoms with Crippen molar-refractivity contribution in [2.75, 3.05) is 0 Å². The van der Waals surface area contributed by atoms with Crippen LogP contribution in [0.3, 0.4) is 0 Å². The third kappa shape index (κ3) is 5.40. The number of halogens is 4. The summed E-state index contributed by atoms with van der Waals surface area (Å²) in [6.07, 6.45) is 4.79. The first-order valence-corrected chi connectivity index (χ1v) is 15.0. The van der Waals surface area contributed by atoms with Crippen molar-refractivity contribution in [3.63, 3.8) is 0 Å². The molecule has 2 aliphatic carbocycles. The monoisotopic (exact) mass is 607 g/mol. The highest BCUT2D eigenvalue weighted by Crippen LogP contribution is 2.35. The fourth-order valence-corrected chi connectivity index (χ4v) is 6.66. The van der Waals surface area contributed by atoms with E-state index in [1.807, 2.05) is 0 Å². The summed E-state index contributed by atoms with van der Waals surface area (Å²) in [6.45, 7) is 0. The van der Waals surface area contributed by atoms with Crippen LogP contribution in [0.2, 0.25) is 0 Å². The number of nitrogens with zero attached hydrogens (tertiary/aromatic N) is 6. The second kappa shape index (κ2) is 10.2. The van der Waals surface area contributed by atoms with Gasteiger partial charge in [0.1, 0.15) is 11.9 Å². The SMILES string of the molecule is Cn1nc(C2=CNC(N)(c3ccnc(-c4cnn(S(=O)(=O)C5CC5)c4)n3)C=C2NC2CCC(F)CC2)cc1C(F)(F)F. The summed E-state index contributed by atoms with van der Waals surface area (Å²) in [5, 5.41) is 14.0. The van der Waals surface area contributed by atoms with Crippen molar-refractivity contribution >= 4 is 15.6 Å². The van der Waals surface area contributed by atoms with Crippen molar-refractivity contribution in [3.05, 3.63) is 65.8 Å². The molecule has 1 aliphatic heterocycles. The molecule has 11 nitrogen and oxygen atoms in total. The van der Waals surface area contributed by atoms with Gasteiger partial charge >= 0.3 is 6.18 Å². The minimum Gasteiger partial charge on any atom is -0.382 e. The molecule has 0 saturated heterocycles. The number of nitrogens with two attached hydrogens (primary N) is 1. The number of aryl methyl sites for hydroxylation is 1. The van der Waals surface area contributed by atoms with E-state index in [1.54, 1.807) is 12.1 Å². The Bertz CT molecular complexity index is 1670. The molecule has 1 atom stereocenters. The predicted octanol–water partition coefficient (Wildman–Crippen LogP) is 2.94. The number of alkyl halides is 4. The molecule has 0 bridgehead atoms. The summed E-state index contributed by atoms with van der Waals surface area (Å²) in [7, 11) is -2.36. The molecule has 6 rings (SSSR count). The standard InChI is InChI=1S/C26H29F4N9O2S/c1-38-23(26(28,29)30)10-20(37-38)19-13-33-25(31,11-21(19)35-17-4-2-16(27)3-5-17)22-8-9-32-24(36-22)15-12-34-39(14-15)42(40,41)18-6-7-18/h8-14,16-18,33,35H,2-7,31H2,1H3. The second-order valence-electron chi connectivity index (χ2n) is 10.9. The van der Waals surface area contributed by atoms with Gasteiger partial charge in [-0.1, -0.05) is 0 Å². The Morgan fingerprint density at radius 2 is 1.90 bits per heavy atom. The lowest BCUT2D eigenvalue weighted by Crippen LogP contribution is -2.50. The van der Waals surface area contributed by atoms with Gasteiger partial charge < -0.3 is 16.4 Å². The second-order valence-corrected chi connectivity index (χ2v) is 12.9. The van der Waals surface area contributed by atoms with Gasteiger partial charge in [0.25, 0.3) is 10.0 Å². The molecule has 3 aliphatic rings. The van der Waals surface area contributed by atoms with Gasteiger partial charge in [-0.15, -0.1) is 0 Å². The zero-order valence-corrected chi connectivity index (χ0v) is 23.3. The molecule has 0 radical (unpaired) electrons. The first kappa shape index (κ1) is 28.3. The highest BCUT2D eigenvalue weighted by Gasteiger charge is 2.39. The van der Waals surface area contributed by atoms with Crippen molar-refractivity contribution in [1.82, 2.24) is 39.6 Å². The van der Waals surface area contributed by atoms with E-state index < -0.39 is 39.0 Å². The number of allylic oxidation sites excluding steroid dienone is 1. The van der Waals surface area contributed by atoms with E-state index in [9.17, 15) is 26.0 Å². The van der Waals surface area contributed by atoms with Gasteiger partial charge in [0.2, 0.25) is 0 Å². The molecule has 3 aromatic heterocycles. The van der Waals surface area contributed by atoms with Gasteiger partial charge in [-0.05, 0) is 56.7 Å². The third-order valence-electron chi connectivity index (χ3n) is 7.68. The molecule has 0 aromatic carbocycles. The first-order valence-electron chi connectivity index (χ1n) is 13.5. The molecular formula is C26H29F4N9O2S. The van der Waals surface area contributed by atoms with E-state index in [0.29, 0.717) is 61.1 Å². The topological polar surface area (TPSA) is 146 Å². The van der Waals surface area contributed by atoms with Gasteiger partial charge in [-0.3, -0.25) is 4.68 Å². The summed E-state index contributed by atoms with van der Waals surface area (Å²) >= 11 is 0. The summed E-state index contributed by atoms with van der Waals surface area (Å²) in [5.41, 5.74) is 5.95. The summed E-state index contributed by atoms with van der Waals surface area (Å²) in [6, 6.07) is 2.41. The first-order chi connectivity index (χ1) is 19.8. The van der Waals surface area contributed by atoms with E-state index >= 15 is 0 Å². The van der Waals surface area contributed by atoms with Gasteiger partial charge in [-0.25, -0.2) is 22.8 Å². The fourth-order valence-electron chi connectivity index (χ4n) is 5.18. The summed E-state index contributed by atoms with van der Waals surface area (Å²) in [4.78, 5) is 8.83. The number of aromatic nitrogens is 6. The van der Waals surface area contributed by atoms with Crippen LogP contribution < -0.4 is 16.4 Å². The molecule has 16 heteroatoms. The van der Waals surface area contributed by atoms with Gasteiger partial charge in [0.15, 0.2) is 11.5 Å². The fraction of sp³-hybridized carbons (Fsp3) is 0.462. The lowest BCUT2D eigenvalue weighted by molar-refractivity contribution is -0.143. The largest absolute Gasteiger partial charge is 0.433 e. The van der Waals surface area contributed by atoms with Gasteiger partial charge in [0.05, 0.1) is 34.6 Å². The zero-order chi connectivity index (χ0) is 29.9. The number of rotatable bonds is 7. The highest BCUT2D eigenvalue weighted by atomic mass is 32.2. The lowest BCUT2D eigenvalue weighted by atomic mass is 9.91. The Morgan fingerprint density at radius 1 is 1.17 bits per heavy atom. The van der Waals surface area contributed by atoms with Crippen LogP contribution in [0.25, 0.3) is 17.0 Å². The zero-order valence-electron chi connectivity index (χ0n) is 22.5. The van der Waals surface area contributed by atoms with E-state index in [2.05, 4.69) is 30.8 Å². The quantitative estimate of drug-likeness (QED) is 0.345. The van der Waals surface area contributed by atoms with E-state index in [0.717, 1.165) is 14.8 Å². The predicted molar refractivity (Wildman–Crippen MR) is 144 cm³/mol. The van der Waals surface area contributed by atoms with Gasteiger partial charge in [0, 0.05) is 36.8 Å². The van der Waals surface area contributed by atoms with E-state index in [4.69, 9.17) is 5.73 Å². The number of nitrogens with one attached hydrogen (secondary N) is 2. The van der Waals surface area contributed by atoms with Crippen LogP contribution in [0.1, 0.15) is 55.6 Å². The Morgan fingerprint density at radius 3 is 2.57 bits per heavy atom. The van der Waals surface area contributed by atoms with E-state index in [-0.39, 0.29) is 17.6 Å². The van der Waals surface area contributed by atoms with Crippen LogP contribution in [-0.4, -0.2) is 54.8 Å². The number of hydrogen-bond donors (Lipinski definition) is 3. The molecule has 0 amide bonds. The van der Waals surface area contributed by atoms with Crippen LogP contribution in [-0.2, 0) is 28.9 Å². The maximum atomic E-state index is 13.8. The molecule has 42 heavy (non-hydrogen) atoms. The summed E-state index contributed by atoms with van der Waals surface area (Å²) in [5.74, 6) is 0.190. The van der Waals surface area contributed by atoms with Crippen molar-refractivity contribution in [1.29, 1.82) is 0 Å². The van der Waals surface area contributed by atoms with Gasteiger partial charge in [-0.2, -0.15) is 27.5 Å². The Balaban J connectivity index is 1.34. The molecule has 1 unspecified atom stereocenters. The maximum absolute atomic E-state index is 13.8. The maximum Gasteiger partial charge on any atom is 0.433 e. The molecule has 2 saturated carbocycles. The Kier molecular flexibility index (Phi) is 6.87. The molecule has 2 fully saturated rings. The molecule has 3 aromatic rings. The minimum absolute atomic E-state index is 0.0740. The lowest BCUT2D eigenvalue weighted by Gasteiger charge is -2.34. The normalized spacial score (nSPS) is 25.0. The molecule has 0 spiro atoms. The molecule has 224 valence electrons. The summed E-state index contributed by atoms with van der Waals surface area (Å²) < 4.78 is 81.2. The Labute approximate surface area is 239 Å². The van der Waals surface area contributed by atoms with Crippen molar-refractivity contribution in [3.8, 4) is 11.4 Å². The van der Waals surface area contributed by atoms with Crippen LogP contribution in [0, 0.1) is 0 Å². The number of hydrogen-bond acceptors (Lipinski definition) is 9. The van der Waals surface area contributed by atoms with Crippen LogP contribution in [0.15, 0.2) is 48.7 Å². The van der Waals surface area contributed by atoms with Crippen molar-refractivity contribution in [2.45, 2.75) is 67.8 Å². The minimum atomic E-state index is -4.60. The van der Waals surface area contributed by atoms with Crippen molar-refractivity contribution < 1.29 is 26.0 Å². The van der Waals surface area contributed by atoms with Crippen LogP contribution >= 0.6 is 0 Å². The molecular weight excluding hydrogens is 578 g/mol. The Hall–Kier alpha value is -3.79. The molecule has 4 N–H and O–H groups in total. The average molecular weight is 608 g/mol. The molecule has 4 heterocycles. The smallest absolute Gasteiger partial charge is 0.382 e. The highest BCUT2D eigenvalue weighted by molar-refractivity contribution is 7.90. The van der Waals surface area contributed by atoms with E-state index in [1.165, 1.54) is 31.8 Å². The third-order valence-corrected chi connectivity index (χ3v) is 9.72. The number of dihydropyridines is 1. The van der Waals surface area contributed by atoms with Crippen LogP contribution in [0.5, 0.6) is 0 Å². The average Bonchev–Trinajstić information content (AvgIpc) is 3.55.